The van der Waals surface area contributed by atoms with E-state index < -0.39 is 5.97 Å². The molecule has 1 N–H and O–H groups in total. The Morgan fingerprint density at radius 3 is 2.65 bits per heavy atom. The molecule has 0 spiro atoms. The van der Waals surface area contributed by atoms with E-state index in [1.54, 1.807) is 6.07 Å². The largest absolute Gasteiger partial charge is 0.481 e. The lowest BCUT2D eigenvalue weighted by Crippen LogP contribution is -2.37. The third kappa shape index (κ3) is 7.77. The van der Waals surface area contributed by atoms with Gasteiger partial charge in [0.15, 0.2) is 5.58 Å². The number of fused-ring (bicyclic) bond motifs is 2. The number of nitrogens with zero attached hydrogens (tertiary/aromatic N) is 4. The highest BCUT2D eigenvalue weighted by molar-refractivity contribution is 5.79. The molecule has 0 radical (unpaired) electrons. The minimum Gasteiger partial charge on any atom is -0.481 e. The van der Waals surface area contributed by atoms with Gasteiger partial charge in [0, 0.05) is 54.6 Å². The number of carbonyl (C=O) groups is 1. The van der Waals surface area contributed by atoms with E-state index in [1.807, 2.05) is 11.5 Å². The maximum atomic E-state index is 13.4. The van der Waals surface area contributed by atoms with Crippen LogP contribution in [0.4, 0.5) is 4.39 Å². The van der Waals surface area contributed by atoms with Crippen LogP contribution in [0.1, 0.15) is 99.8 Å². The van der Waals surface area contributed by atoms with Gasteiger partial charge in [0.2, 0.25) is 0 Å². The molecule has 1 saturated heterocycles. The van der Waals surface area contributed by atoms with Crippen LogP contribution in [-0.2, 0) is 24.2 Å². The number of hydrogen-bond acceptors (Lipinski definition) is 6. The van der Waals surface area contributed by atoms with Crippen molar-refractivity contribution in [1.29, 1.82) is 0 Å². The van der Waals surface area contributed by atoms with Crippen molar-refractivity contribution in [3.63, 3.8) is 0 Å². The summed E-state index contributed by atoms with van der Waals surface area (Å²) in [5, 5.41) is 13.4. The summed E-state index contributed by atoms with van der Waals surface area (Å²) in [6.07, 6.45) is 11.7. The van der Waals surface area contributed by atoms with Crippen LogP contribution in [0.2, 0.25) is 0 Å². The van der Waals surface area contributed by atoms with Crippen molar-refractivity contribution in [2.75, 3.05) is 19.6 Å². The predicted octanol–water partition coefficient (Wildman–Crippen LogP) is 6.02. The molecule has 3 aromatic rings. The summed E-state index contributed by atoms with van der Waals surface area (Å²) in [5.74, 6) is 0.304. The first kappa shape index (κ1) is 29.9. The highest BCUT2D eigenvalue weighted by Crippen LogP contribution is 2.32. The lowest BCUT2D eigenvalue weighted by atomic mass is 9.91. The fourth-order valence-electron chi connectivity index (χ4n) is 5.82. The van der Waals surface area contributed by atoms with Crippen LogP contribution < -0.4 is 5.56 Å². The van der Waals surface area contributed by atoms with Crippen molar-refractivity contribution in [1.82, 2.24) is 19.6 Å². The molecule has 2 aromatic heterocycles. The topological polar surface area (TPSA) is 101 Å². The third-order valence-corrected chi connectivity index (χ3v) is 8.19. The molecule has 0 saturated carbocycles. The zero-order valence-corrected chi connectivity index (χ0v) is 24.0. The van der Waals surface area contributed by atoms with Crippen LogP contribution in [0.3, 0.4) is 0 Å². The number of piperidine rings is 1. The Balaban J connectivity index is 0.000000318. The summed E-state index contributed by atoms with van der Waals surface area (Å²) >= 11 is 0. The SMILES string of the molecule is CCCCCCCC(=O)O.Cc1nc2n(c(=O)c1CCN1CCC(c3noc4cc(F)ccc34)CC1)CCCC2. The van der Waals surface area contributed by atoms with Gasteiger partial charge < -0.3 is 14.5 Å². The number of aromatic nitrogens is 3. The van der Waals surface area contributed by atoms with Crippen LogP contribution in [0, 0.1) is 12.7 Å². The standard InChI is InChI=1S/C23H27FN4O2.C8H16O2/c1-15-18(23(29)28-10-3-2-4-21(28)25-15)9-13-27-11-7-16(8-12-27)22-19-6-5-17(24)14-20(19)30-26-22;1-2-3-4-5-6-7-8(9)10/h5-6,14,16H,2-4,7-13H2,1H3;2-7H2,1H3,(H,9,10). The molecule has 0 unspecified atom stereocenters. The van der Waals surface area contributed by atoms with E-state index in [0.29, 0.717) is 17.9 Å². The first-order chi connectivity index (χ1) is 19.4. The van der Waals surface area contributed by atoms with Gasteiger partial charge in [-0.2, -0.15) is 0 Å². The van der Waals surface area contributed by atoms with Gasteiger partial charge in [-0.3, -0.25) is 14.2 Å². The molecular weight excluding hydrogens is 511 g/mol. The number of likely N-dealkylation sites (tertiary alicyclic amines) is 1. The number of carboxylic acid groups (broad SMARTS) is 1. The quantitative estimate of drug-likeness (QED) is 0.306. The second-order valence-corrected chi connectivity index (χ2v) is 11.1. The van der Waals surface area contributed by atoms with Gasteiger partial charge in [0.1, 0.15) is 11.6 Å². The number of unbranched alkanes of at least 4 members (excludes halogenated alkanes) is 4. The third-order valence-electron chi connectivity index (χ3n) is 8.19. The molecule has 1 aromatic carbocycles. The molecule has 1 fully saturated rings. The highest BCUT2D eigenvalue weighted by atomic mass is 19.1. The van der Waals surface area contributed by atoms with E-state index in [9.17, 15) is 14.0 Å². The van der Waals surface area contributed by atoms with Crippen molar-refractivity contribution in [3.8, 4) is 0 Å². The second kappa shape index (κ2) is 14.5. The Hall–Kier alpha value is -3.07. The van der Waals surface area contributed by atoms with E-state index in [4.69, 9.17) is 14.6 Å². The van der Waals surface area contributed by atoms with E-state index in [2.05, 4.69) is 17.0 Å². The number of halogens is 1. The van der Waals surface area contributed by atoms with Crippen LogP contribution in [0.15, 0.2) is 27.5 Å². The molecule has 0 amide bonds. The molecule has 9 heteroatoms. The van der Waals surface area contributed by atoms with Gasteiger partial charge in [0.05, 0.1) is 5.69 Å². The van der Waals surface area contributed by atoms with Gasteiger partial charge in [-0.25, -0.2) is 9.37 Å². The first-order valence-corrected chi connectivity index (χ1v) is 15.0. The normalized spacial score (nSPS) is 16.0. The maximum absolute atomic E-state index is 13.4. The van der Waals surface area contributed by atoms with Crippen molar-refractivity contribution >= 4 is 16.9 Å². The molecule has 8 nitrogen and oxygen atoms in total. The molecule has 0 atom stereocenters. The number of rotatable bonds is 10. The van der Waals surface area contributed by atoms with E-state index in [-0.39, 0.29) is 11.4 Å². The Morgan fingerprint density at radius 1 is 1.12 bits per heavy atom. The maximum Gasteiger partial charge on any atom is 0.303 e. The fraction of sp³-hybridized carbons (Fsp3) is 0.613. The lowest BCUT2D eigenvalue weighted by Gasteiger charge is -2.31. The molecule has 2 aliphatic rings. The minimum absolute atomic E-state index is 0.161. The van der Waals surface area contributed by atoms with Crippen LogP contribution in [0.5, 0.6) is 0 Å². The Bertz CT molecular complexity index is 1330. The van der Waals surface area contributed by atoms with E-state index in [1.165, 1.54) is 31.4 Å². The zero-order valence-electron chi connectivity index (χ0n) is 24.0. The number of aliphatic carboxylic acids is 1. The summed E-state index contributed by atoms with van der Waals surface area (Å²) in [7, 11) is 0. The average Bonchev–Trinajstić information content (AvgIpc) is 3.36. The zero-order chi connectivity index (χ0) is 28.5. The smallest absolute Gasteiger partial charge is 0.303 e. The lowest BCUT2D eigenvalue weighted by molar-refractivity contribution is -0.137. The van der Waals surface area contributed by atoms with Crippen LogP contribution in [-0.4, -0.2) is 50.3 Å². The summed E-state index contributed by atoms with van der Waals surface area (Å²) in [6, 6.07) is 4.63. The number of benzene rings is 1. The van der Waals surface area contributed by atoms with Gasteiger partial charge in [0.25, 0.3) is 5.56 Å². The summed E-state index contributed by atoms with van der Waals surface area (Å²) in [4.78, 5) is 30.1. The first-order valence-electron chi connectivity index (χ1n) is 15.0. The molecule has 0 bridgehead atoms. The molecule has 40 heavy (non-hydrogen) atoms. The fourth-order valence-corrected chi connectivity index (χ4v) is 5.82. The second-order valence-electron chi connectivity index (χ2n) is 11.1. The van der Waals surface area contributed by atoms with Crippen molar-refractivity contribution in [2.24, 2.45) is 0 Å². The van der Waals surface area contributed by atoms with Crippen LogP contribution in [0.25, 0.3) is 11.0 Å². The van der Waals surface area contributed by atoms with E-state index >= 15 is 0 Å². The number of hydrogen-bond donors (Lipinski definition) is 1. The average molecular weight is 555 g/mol. The Kier molecular flexibility index (Phi) is 10.9. The van der Waals surface area contributed by atoms with Gasteiger partial charge in [-0.05, 0) is 70.7 Å². The number of carboxylic acids is 1. The molecule has 2 aliphatic heterocycles. The molecule has 218 valence electrons. The predicted molar refractivity (Wildman–Crippen MR) is 153 cm³/mol. The van der Waals surface area contributed by atoms with Crippen molar-refractivity contribution in [2.45, 2.75) is 103 Å². The van der Waals surface area contributed by atoms with Crippen molar-refractivity contribution < 1.29 is 18.8 Å². The van der Waals surface area contributed by atoms with Crippen LogP contribution >= 0.6 is 0 Å². The monoisotopic (exact) mass is 554 g/mol. The Morgan fingerprint density at radius 2 is 1.90 bits per heavy atom. The minimum atomic E-state index is -0.670. The Labute approximate surface area is 235 Å². The van der Waals surface area contributed by atoms with Gasteiger partial charge in [-0.15, -0.1) is 0 Å². The van der Waals surface area contributed by atoms with Gasteiger partial charge >= 0.3 is 5.97 Å². The molecule has 5 rings (SSSR count). The molecular formula is C31H43FN4O4. The summed E-state index contributed by atoms with van der Waals surface area (Å²) in [5.41, 5.74) is 3.38. The summed E-state index contributed by atoms with van der Waals surface area (Å²) < 4.78 is 20.6. The van der Waals surface area contributed by atoms with Gasteiger partial charge in [-0.1, -0.05) is 37.8 Å². The number of aryl methyl sites for hydroxylation is 2. The van der Waals surface area contributed by atoms with Crippen molar-refractivity contribution in [3.05, 3.63) is 57.1 Å². The van der Waals surface area contributed by atoms with E-state index in [0.717, 1.165) is 106 Å². The highest BCUT2D eigenvalue weighted by Gasteiger charge is 2.26. The molecule has 0 aliphatic carbocycles. The summed E-state index contributed by atoms with van der Waals surface area (Å²) in [6.45, 7) is 7.70. The molecule has 4 heterocycles.